The van der Waals surface area contributed by atoms with Crippen LogP contribution in [-0.2, 0) is 0 Å². The molecular weight excluding hydrogens is 306 g/mol. The molecule has 1 aliphatic carbocycles. The molecule has 0 bridgehead atoms. The Morgan fingerprint density at radius 3 is 2.83 bits per heavy atom. The zero-order chi connectivity index (χ0) is 13.1. The Kier molecular flexibility index (Phi) is 5.16. The van der Waals surface area contributed by atoms with Crippen LogP contribution in [0.25, 0.3) is 0 Å². The molecule has 1 saturated carbocycles. The molecule has 18 heavy (non-hydrogen) atoms. The molecule has 1 fully saturated rings. The second kappa shape index (κ2) is 6.44. The van der Waals surface area contributed by atoms with Gasteiger partial charge in [-0.05, 0) is 43.4 Å². The standard InChI is InChI=1S/C15H22BrNS/c1-10-4-3-5-13(8-10)18-15-9-12(16)6-7-14(15)11(2)17/h6-7,9-11,13H,3-5,8,17H2,1-2H3. The number of halogens is 1. The number of rotatable bonds is 3. The molecule has 1 aromatic carbocycles. The average Bonchev–Trinajstić information content (AvgIpc) is 2.28. The summed E-state index contributed by atoms with van der Waals surface area (Å²) in [6.07, 6.45) is 5.46. The van der Waals surface area contributed by atoms with Gasteiger partial charge in [-0.1, -0.05) is 41.8 Å². The predicted octanol–water partition coefficient (Wildman–Crippen LogP) is 5.14. The van der Waals surface area contributed by atoms with Crippen molar-refractivity contribution < 1.29 is 0 Å². The second-order valence-corrected chi connectivity index (χ2v) is 7.74. The molecule has 0 aromatic heterocycles. The molecular formula is C15H22BrNS. The summed E-state index contributed by atoms with van der Waals surface area (Å²) in [7, 11) is 0. The normalized spacial score (nSPS) is 26.0. The Labute approximate surface area is 123 Å². The summed E-state index contributed by atoms with van der Waals surface area (Å²) in [5, 5.41) is 0.764. The Balaban J connectivity index is 2.14. The molecule has 0 radical (unpaired) electrons. The summed E-state index contributed by atoms with van der Waals surface area (Å²) < 4.78 is 1.15. The van der Waals surface area contributed by atoms with Crippen LogP contribution in [0, 0.1) is 5.92 Å². The largest absolute Gasteiger partial charge is 0.324 e. The van der Waals surface area contributed by atoms with Crippen molar-refractivity contribution in [3.63, 3.8) is 0 Å². The molecule has 0 spiro atoms. The zero-order valence-corrected chi connectivity index (χ0v) is 13.6. The number of hydrogen-bond donors (Lipinski definition) is 1. The first-order chi connectivity index (χ1) is 8.56. The molecule has 3 unspecified atom stereocenters. The lowest BCUT2D eigenvalue weighted by molar-refractivity contribution is 0.394. The lowest BCUT2D eigenvalue weighted by Crippen LogP contribution is -2.15. The fraction of sp³-hybridized carbons (Fsp3) is 0.600. The Morgan fingerprint density at radius 1 is 1.39 bits per heavy atom. The van der Waals surface area contributed by atoms with E-state index in [1.807, 2.05) is 11.8 Å². The van der Waals surface area contributed by atoms with Crippen LogP contribution in [0.15, 0.2) is 27.6 Å². The van der Waals surface area contributed by atoms with Crippen molar-refractivity contribution in [2.24, 2.45) is 11.7 Å². The van der Waals surface area contributed by atoms with Crippen molar-refractivity contribution in [3.8, 4) is 0 Å². The fourth-order valence-corrected chi connectivity index (χ4v) is 4.82. The van der Waals surface area contributed by atoms with Crippen molar-refractivity contribution in [2.75, 3.05) is 0 Å². The first kappa shape index (κ1) is 14.4. The van der Waals surface area contributed by atoms with Gasteiger partial charge in [0.1, 0.15) is 0 Å². The van der Waals surface area contributed by atoms with Crippen LogP contribution in [0.1, 0.15) is 51.1 Å². The summed E-state index contributed by atoms with van der Waals surface area (Å²) in [5.74, 6) is 0.877. The third-order valence-electron chi connectivity index (χ3n) is 3.65. The summed E-state index contributed by atoms with van der Waals surface area (Å²) in [6, 6.07) is 6.58. The Hall–Kier alpha value is 0.01000. The molecule has 1 nitrogen and oxygen atoms in total. The van der Waals surface area contributed by atoms with Crippen molar-refractivity contribution in [3.05, 3.63) is 28.2 Å². The molecule has 0 amide bonds. The van der Waals surface area contributed by atoms with Gasteiger partial charge in [0.2, 0.25) is 0 Å². The molecule has 0 saturated heterocycles. The molecule has 1 aliphatic rings. The van der Waals surface area contributed by atoms with Gasteiger partial charge < -0.3 is 5.73 Å². The van der Waals surface area contributed by atoms with E-state index in [9.17, 15) is 0 Å². The van der Waals surface area contributed by atoms with E-state index in [-0.39, 0.29) is 6.04 Å². The number of thioether (sulfide) groups is 1. The number of benzene rings is 1. The highest BCUT2D eigenvalue weighted by Crippen LogP contribution is 2.39. The van der Waals surface area contributed by atoms with Gasteiger partial charge in [0.25, 0.3) is 0 Å². The van der Waals surface area contributed by atoms with Crippen LogP contribution in [-0.4, -0.2) is 5.25 Å². The maximum atomic E-state index is 6.07. The summed E-state index contributed by atoms with van der Waals surface area (Å²) >= 11 is 5.60. The summed E-state index contributed by atoms with van der Waals surface area (Å²) in [5.41, 5.74) is 7.35. The zero-order valence-electron chi connectivity index (χ0n) is 11.2. The fourth-order valence-electron chi connectivity index (χ4n) is 2.65. The molecule has 100 valence electrons. The minimum Gasteiger partial charge on any atom is -0.324 e. The van der Waals surface area contributed by atoms with Crippen LogP contribution < -0.4 is 5.73 Å². The van der Waals surface area contributed by atoms with E-state index < -0.39 is 0 Å². The van der Waals surface area contributed by atoms with E-state index in [4.69, 9.17) is 5.73 Å². The van der Waals surface area contributed by atoms with Gasteiger partial charge in [0.15, 0.2) is 0 Å². The van der Waals surface area contributed by atoms with Gasteiger partial charge >= 0.3 is 0 Å². The quantitative estimate of drug-likeness (QED) is 0.831. The van der Waals surface area contributed by atoms with Gasteiger partial charge in [-0.15, -0.1) is 11.8 Å². The van der Waals surface area contributed by atoms with Crippen molar-refractivity contribution >= 4 is 27.7 Å². The molecule has 1 aromatic rings. The SMILES string of the molecule is CC1CCCC(Sc2cc(Br)ccc2C(C)N)C1. The minimum absolute atomic E-state index is 0.113. The van der Waals surface area contributed by atoms with Gasteiger partial charge in [-0.3, -0.25) is 0 Å². The highest BCUT2D eigenvalue weighted by Gasteiger charge is 2.21. The number of nitrogens with two attached hydrogens (primary N) is 1. The van der Waals surface area contributed by atoms with Gasteiger partial charge in [-0.2, -0.15) is 0 Å². The highest BCUT2D eigenvalue weighted by molar-refractivity contribution is 9.10. The van der Waals surface area contributed by atoms with E-state index >= 15 is 0 Å². The topological polar surface area (TPSA) is 26.0 Å². The Morgan fingerprint density at radius 2 is 2.17 bits per heavy atom. The summed E-state index contributed by atoms with van der Waals surface area (Å²) in [4.78, 5) is 1.36. The molecule has 0 aliphatic heterocycles. The van der Waals surface area contributed by atoms with E-state index in [2.05, 4.69) is 48.0 Å². The Bertz CT molecular complexity index is 405. The van der Waals surface area contributed by atoms with E-state index in [1.165, 1.54) is 36.1 Å². The smallest absolute Gasteiger partial charge is 0.0277 e. The van der Waals surface area contributed by atoms with Crippen LogP contribution in [0.5, 0.6) is 0 Å². The maximum absolute atomic E-state index is 6.07. The number of hydrogen-bond acceptors (Lipinski definition) is 2. The lowest BCUT2D eigenvalue weighted by Gasteiger charge is -2.27. The highest BCUT2D eigenvalue weighted by atomic mass is 79.9. The van der Waals surface area contributed by atoms with Crippen LogP contribution >= 0.6 is 27.7 Å². The third kappa shape index (κ3) is 3.75. The van der Waals surface area contributed by atoms with E-state index in [0.717, 1.165) is 15.6 Å². The predicted molar refractivity (Wildman–Crippen MR) is 84.0 cm³/mol. The van der Waals surface area contributed by atoms with Crippen molar-refractivity contribution in [2.45, 2.75) is 55.7 Å². The van der Waals surface area contributed by atoms with Gasteiger partial charge in [-0.25, -0.2) is 0 Å². The van der Waals surface area contributed by atoms with Crippen LogP contribution in [0.3, 0.4) is 0 Å². The van der Waals surface area contributed by atoms with Gasteiger partial charge in [0, 0.05) is 20.7 Å². The molecule has 0 heterocycles. The van der Waals surface area contributed by atoms with E-state index in [1.54, 1.807) is 0 Å². The second-order valence-electron chi connectivity index (χ2n) is 5.48. The molecule has 2 N–H and O–H groups in total. The van der Waals surface area contributed by atoms with Crippen LogP contribution in [0.2, 0.25) is 0 Å². The molecule has 3 heteroatoms. The first-order valence-electron chi connectivity index (χ1n) is 6.78. The van der Waals surface area contributed by atoms with Crippen molar-refractivity contribution in [1.82, 2.24) is 0 Å². The van der Waals surface area contributed by atoms with Crippen molar-refractivity contribution in [1.29, 1.82) is 0 Å². The third-order valence-corrected chi connectivity index (χ3v) is 5.51. The minimum atomic E-state index is 0.113. The molecule has 3 atom stereocenters. The van der Waals surface area contributed by atoms with E-state index in [0.29, 0.717) is 0 Å². The first-order valence-corrected chi connectivity index (χ1v) is 8.45. The summed E-state index contributed by atoms with van der Waals surface area (Å²) in [6.45, 7) is 4.44. The van der Waals surface area contributed by atoms with Gasteiger partial charge in [0.05, 0.1) is 0 Å². The monoisotopic (exact) mass is 327 g/mol. The van der Waals surface area contributed by atoms with Crippen LogP contribution in [0.4, 0.5) is 0 Å². The molecule has 2 rings (SSSR count). The average molecular weight is 328 g/mol. The lowest BCUT2D eigenvalue weighted by atomic mass is 9.91. The maximum Gasteiger partial charge on any atom is 0.0277 e.